The highest BCUT2D eigenvalue weighted by molar-refractivity contribution is 7.99. The Morgan fingerprint density at radius 2 is 2.14 bits per heavy atom. The predicted molar refractivity (Wildman–Crippen MR) is 71.1 cm³/mol. The minimum absolute atomic E-state index is 0.151. The van der Waals surface area contributed by atoms with Gasteiger partial charge in [0.1, 0.15) is 10.2 Å². The fourth-order valence-corrected chi connectivity index (χ4v) is 3.19. The van der Waals surface area contributed by atoms with E-state index in [1.54, 1.807) is 0 Å². The molecule has 116 valence electrons. The van der Waals surface area contributed by atoms with Gasteiger partial charge in [-0.05, 0) is 18.3 Å². The van der Waals surface area contributed by atoms with Crippen LogP contribution in [0, 0.1) is 5.41 Å². The lowest BCUT2D eigenvalue weighted by Gasteiger charge is -2.13. The highest BCUT2D eigenvalue weighted by atomic mass is 35.5. The van der Waals surface area contributed by atoms with Crippen molar-refractivity contribution < 1.29 is 22.7 Å². The van der Waals surface area contributed by atoms with E-state index in [9.17, 15) is 18.0 Å². The maximum atomic E-state index is 12.6. The number of aromatic nitrogens is 2. The normalized spacial score (nSPS) is 16.6. The third kappa shape index (κ3) is 4.47. The molecule has 1 aliphatic carbocycles. The van der Waals surface area contributed by atoms with Crippen LogP contribution < -0.4 is 0 Å². The lowest BCUT2D eigenvalue weighted by atomic mass is 10.1. The molecule has 0 bridgehead atoms. The van der Waals surface area contributed by atoms with Crippen LogP contribution >= 0.6 is 23.4 Å². The van der Waals surface area contributed by atoms with Crippen LogP contribution in [0.1, 0.15) is 25.1 Å². The first kappa shape index (κ1) is 16.4. The molecule has 1 saturated carbocycles. The van der Waals surface area contributed by atoms with E-state index in [0.717, 1.165) is 24.6 Å². The van der Waals surface area contributed by atoms with Gasteiger partial charge in [-0.25, -0.2) is 9.97 Å². The molecule has 0 radical (unpaired) electrons. The van der Waals surface area contributed by atoms with Crippen molar-refractivity contribution in [1.29, 1.82) is 0 Å². The van der Waals surface area contributed by atoms with Gasteiger partial charge in [-0.3, -0.25) is 4.79 Å². The number of rotatable bonds is 5. The molecule has 0 saturated heterocycles. The molecule has 0 aromatic carbocycles. The monoisotopic (exact) mass is 340 g/mol. The van der Waals surface area contributed by atoms with Crippen molar-refractivity contribution in [3.63, 3.8) is 0 Å². The Hall–Kier alpha value is -1.02. The molecule has 1 aromatic rings. The summed E-state index contributed by atoms with van der Waals surface area (Å²) in [5, 5.41) is -0.101. The summed E-state index contributed by atoms with van der Waals surface area (Å²) in [4.78, 5) is 17.9. The first-order valence-corrected chi connectivity index (χ1v) is 7.42. The number of ether oxygens (including phenoxy) is 1. The van der Waals surface area contributed by atoms with Gasteiger partial charge in [-0.1, -0.05) is 11.6 Å². The van der Waals surface area contributed by atoms with Crippen LogP contribution in [0.5, 0.6) is 0 Å². The van der Waals surface area contributed by atoms with E-state index in [1.807, 2.05) is 0 Å². The largest absolute Gasteiger partial charge is 0.469 e. The zero-order valence-corrected chi connectivity index (χ0v) is 12.6. The summed E-state index contributed by atoms with van der Waals surface area (Å²) < 4.78 is 42.4. The predicted octanol–water partition coefficient (Wildman–Crippen LogP) is 3.58. The number of carbonyl (C=O) groups is 1. The maximum Gasteiger partial charge on any atom is 0.451 e. The van der Waals surface area contributed by atoms with Crippen molar-refractivity contribution in [2.24, 2.45) is 5.41 Å². The summed E-state index contributed by atoms with van der Waals surface area (Å²) in [6.07, 6.45) is -2.68. The lowest BCUT2D eigenvalue weighted by molar-refractivity contribution is -0.145. The van der Waals surface area contributed by atoms with Gasteiger partial charge in [0.2, 0.25) is 5.82 Å². The van der Waals surface area contributed by atoms with Crippen molar-refractivity contribution in [2.45, 2.75) is 30.5 Å². The first-order chi connectivity index (χ1) is 9.74. The van der Waals surface area contributed by atoms with E-state index in [-0.39, 0.29) is 28.0 Å². The molecule has 9 heteroatoms. The van der Waals surface area contributed by atoms with E-state index in [1.165, 1.54) is 13.2 Å². The van der Waals surface area contributed by atoms with Gasteiger partial charge in [0.05, 0.1) is 13.5 Å². The summed E-state index contributed by atoms with van der Waals surface area (Å²) >= 11 is 6.73. The van der Waals surface area contributed by atoms with Crippen molar-refractivity contribution in [2.75, 3.05) is 12.9 Å². The average molecular weight is 341 g/mol. The van der Waals surface area contributed by atoms with Crippen LogP contribution in [0.25, 0.3) is 0 Å². The van der Waals surface area contributed by atoms with Gasteiger partial charge < -0.3 is 4.74 Å². The molecule has 1 aliphatic rings. The lowest BCUT2D eigenvalue weighted by Crippen LogP contribution is -2.14. The molecular weight excluding hydrogens is 329 g/mol. The minimum Gasteiger partial charge on any atom is -0.469 e. The average Bonchev–Trinajstić information content (AvgIpc) is 3.15. The summed E-state index contributed by atoms with van der Waals surface area (Å²) in [5.41, 5.74) is -0.201. The van der Waals surface area contributed by atoms with Crippen molar-refractivity contribution in [3.8, 4) is 0 Å². The third-order valence-corrected chi connectivity index (χ3v) is 4.61. The number of alkyl halides is 3. The number of methoxy groups -OCH3 is 1. The van der Waals surface area contributed by atoms with E-state index in [0.29, 0.717) is 5.75 Å². The molecular formula is C12H12ClF3N2O2S. The highest BCUT2D eigenvalue weighted by Crippen LogP contribution is 2.52. The Balaban J connectivity index is 2.04. The van der Waals surface area contributed by atoms with Gasteiger partial charge in [-0.15, -0.1) is 11.8 Å². The maximum absolute atomic E-state index is 12.6. The number of esters is 1. The fraction of sp³-hybridized carbons (Fsp3) is 0.583. The highest BCUT2D eigenvalue weighted by Gasteiger charge is 2.45. The van der Waals surface area contributed by atoms with Crippen LogP contribution in [0.15, 0.2) is 11.1 Å². The van der Waals surface area contributed by atoms with Crippen molar-refractivity contribution in [3.05, 3.63) is 17.0 Å². The van der Waals surface area contributed by atoms with Crippen LogP contribution in [0.3, 0.4) is 0 Å². The van der Waals surface area contributed by atoms with E-state index in [4.69, 9.17) is 11.6 Å². The second-order valence-electron chi connectivity index (χ2n) is 4.89. The molecule has 1 heterocycles. The van der Waals surface area contributed by atoms with Gasteiger partial charge >= 0.3 is 12.1 Å². The van der Waals surface area contributed by atoms with Crippen LogP contribution in [0.4, 0.5) is 13.2 Å². The molecule has 0 unspecified atom stereocenters. The van der Waals surface area contributed by atoms with E-state index < -0.39 is 12.0 Å². The van der Waals surface area contributed by atoms with Gasteiger partial charge in [0.25, 0.3) is 0 Å². The second-order valence-corrected chi connectivity index (χ2v) is 6.27. The minimum atomic E-state index is -4.64. The Morgan fingerprint density at radius 1 is 1.48 bits per heavy atom. The molecule has 2 rings (SSSR count). The molecule has 4 nitrogen and oxygen atoms in total. The van der Waals surface area contributed by atoms with Gasteiger partial charge in [0, 0.05) is 11.8 Å². The third-order valence-electron chi connectivity index (χ3n) is 3.16. The Bertz CT molecular complexity index is 550. The molecule has 0 spiro atoms. The molecule has 0 N–H and O–H groups in total. The molecule has 1 aromatic heterocycles. The van der Waals surface area contributed by atoms with Gasteiger partial charge in [-0.2, -0.15) is 13.2 Å². The summed E-state index contributed by atoms with van der Waals surface area (Å²) in [7, 11) is 1.31. The second kappa shape index (κ2) is 6.00. The Labute approximate surface area is 128 Å². The Morgan fingerprint density at radius 3 is 2.67 bits per heavy atom. The van der Waals surface area contributed by atoms with Crippen molar-refractivity contribution in [1.82, 2.24) is 9.97 Å². The SMILES string of the molecule is COC(=O)CC1(CSc2cc(Cl)nc(C(F)(F)F)n2)CC1. The summed E-state index contributed by atoms with van der Waals surface area (Å²) in [5.74, 6) is -1.08. The fourth-order valence-electron chi connectivity index (χ4n) is 1.75. The van der Waals surface area contributed by atoms with Crippen LogP contribution in [-0.2, 0) is 15.7 Å². The standard InChI is InChI=1S/C12H12ClF3N2O2S/c1-20-9(19)5-11(2-3-11)6-21-8-4-7(13)17-10(18-8)12(14,15)16/h4H,2-3,5-6H2,1H3. The quantitative estimate of drug-likeness (QED) is 0.466. The number of carbonyl (C=O) groups excluding carboxylic acids is 1. The molecule has 0 amide bonds. The summed E-state index contributed by atoms with van der Waals surface area (Å²) in [6, 6.07) is 1.29. The number of hydrogen-bond acceptors (Lipinski definition) is 5. The Kier molecular flexibility index (Phi) is 4.67. The zero-order chi connectivity index (χ0) is 15.7. The van der Waals surface area contributed by atoms with E-state index in [2.05, 4.69) is 14.7 Å². The zero-order valence-electron chi connectivity index (χ0n) is 11.0. The number of halogens is 4. The smallest absolute Gasteiger partial charge is 0.451 e. The number of hydrogen-bond donors (Lipinski definition) is 0. The molecule has 1 fully saturated rings. The molecule has 0 atom stereocenters. The van der Waals surface area contributed by atoms with Crippen LogP contribution in [-0.4, -0.2) is 28.8 Å². The van der Waals surface area contributed by atoms with Gasteiger partial charge in [0.15, 0.2) is 0 Å². The number of thioether (sulfide) groups is 1. The molecule has 21 heavy (non-hydrogen) atoms. The molecule has 0 aliphatic heterocycles. The topological polar surface area (TPSA) is 52.1 Å². The first-order valence-electron chi connectivity index (χ1n) is 6.05. The number of nitrogens with zero attached hydrogens (tertiary/aromatic N) is 2. The summed E-state index contributed by atoms with van der Waals surface area (Å²) in [6.45, 7) is 0. The van der Waals surface area contributed by atoms with Crippen molar-refractivity contribution >= 4 is 29.3 Å². The van der Waals surface area contributed by atoms with Crippen LogP contribution in [0.2, 0.25) is 5.15 Å². The van der Waals surface area contributed by atoms with E-state index >= 15 is 0 Å².